The lowest BCUT2D eigenvalue weighted by molar-refractivity contribution is -0.277. The topological polar surface area (TPSA) is 207 Å². The molecule has 3 aliphatic carbocycles. The molecule has 0 aromatic heterocycles. The molecule has 4 aliphatic rings. The number of carbonyl (C=O) groups is 1. The monoisotopic (exact) mass is 720 g/mol. The van der Waals surface area contributed by atoms with Gasteiger partial charge in [0.25, 0.3) is 0 Å². The van der Waals surface area contributed by atoms with Crippen LogP contribution in [0.25, 0.3) is 0 Å². The van der Waals surface area contributed by atoms with Gasteiger partial charge in [-0.3, -0.25) is 4.79 Å². The maximum absolute atomic E-state index is 14.7. The predicted molar refractivity (Wildman–Crippen MR) is 187 cm³/mol. The minimum atomic E-state index is -1.79. The summed E-state index contributed by atoms with van der Waals surface area (Å²) in [6.45, 7) is 14.9. The Balaban J connectivity index is 1.49. The van der Waals surface area contributed by atoms with Crippen molar-refractivity contribution in [3.8, 4) is 11.5 Å². The van der Waals surface area contributed by atoms with Crippen LogP contribution in [-0.4, -0.2) is 114 Å². The molecule has 5 rings (SSSR count). The number of hydrogen-bond donors (Lipinski definition) is 8. The summed E-state index contributed by atoms with van der Waals surface area (Å²) in [4.78, 5) is 14.7. The normalized spacial score (nSPS) is 40.0. The number of phenolic OH excluding ortho intramolecular Hbond substituents is 1. The van der Waals surface area contributed by atoms with Crippen molar-refractivity contribution in [3.63, 3.8) is 0 Å². The number of aliphatic hydroxyl groups is 7. The second-order valence-corrected chi connectivity index (χ2v) is 17.0. The van der Waals surface area contributed by atoms with Gasteiger partial charge in [0.05, 0.1) is 29.3 Å². The summed E-state index contributed by atoms with van der Waals surface area (Å²) < 4.78 is 17.4. The number of aliphatic hydroxyl groups excluding tert-OH is 6. The van der Waals surface area contributed by atoms with Gasteiger partial charge in [-0.2, -0.15) is 0 Å². The van der Waals surface area contributed by atoms with Gasteiger partial charge >= 0.3 is 0 Å². The number of rotatable bonds is 11. The van der Waals surface area contributed by atoms with E-state index in [2.05, 4.69) is 13.8 Å². The van der Waals surface area contributed by atoms with Crippen LogP contribution in [0.4, 0.5) is 0 Å². The molecule has 3 fully saturated rings. The molecule has 8 N–H and O–H groups in total. The first-order chi connectivity index (χ1) is 23.6. The number of unbranched alkanes of at least 4 members (excludes halogenated alkanes) is 1. The Morgan fingerprint density at radius 1 is 1.08 bits per heavy atom. The molecule has 12 heteroatoms. The summed E-state index contributed by atoms with van der Waals surface area (Å²) in [5, 5.41) is 87.5. The number of hydrogen-bond acceptors (Lipinski definition) is 12. The lowest BCUT2D eigenvalue weighted by Crippen LogP contribution is -2.64. The Labute approximate surface area is 301 Å². The van der Waals surface area contributed by atoms with Crippen molar-refractivity contribution >= 4 is 5.78 Å². The van der Waals surface area contributed by atoms with Crippen molar-refractivity contribution in [2.45, 2.75) is 153 Å². The van der Waals surface area contributed by atoms with Crippen LogP contribution >= 0.6 is 0 Å². The molecule has 2 saturated carbocycles. The first-order valence-corrected chi connectivity index (χ1v) is 18.4. The van der Waals surface area contributed by atoms with Gasteiger partial charge in [0.15, 0.2) is 11.5 Å². The van der Waals surface area contributed by atoms with E-state index >= 15 is 0 Å². The van der Waals surface area contributed by atoms with Crippen LogP contribution in [0, 0.1) is 29.6 Å². The molecule has 13 atom stereocenters. The average Bonchev–Trinajstić information content (AvgIpc) is 3.27. The van der Waals surface area contributed by atoms with E-state index in [1.807, 2.05) is 27.7 Å². The third-order valence-electron chi connectivity index (χ3n) is 13.4. The molecule has 288 valence electrons. The lowest BCUT2D eigenvalue weighted by Gasteiger charge is -2.62. The van der Waals surface area contributed by atoms with E-state index in [1.54, 1.807) is 19.1 Å². The molecule has 0 spiro atoms. The lowest BCUT2D eigenvalue weighted by atomic mass is 9.41. The third kappa shape index (κ3) is 6.36. The molecular weight excluding hydrogens is 660 g/mol. The minimum absolute atomic E-state index is 0.0126. The Hall–Kier alpha value is -2.13. The zero-order valence-electron chi connectivity index (χ0n) is 31.3. The SMILES string of the molecule is CCCCOC(C)(C)/C=C/C(O)[C@](C)(O)[C@H]1[C@H](O)C[C@@]2(C)[C@@H]3CCc4c(cc(OC5OC(CO)C(O)C(O)C5O)c(O)c4C)[C@@]3(C)C(=O)C[C@]12C. The van der Waals surface area contributed by atoms with Crippen molar-refractivity contribution < 1.29 is 59.9 Å². The largest absolute Gasteiger partial charge is 0.504 e. The molecule has 0 radical (unpaired) electrons. The Morgan fingerprint density at radius 3 is 2.37 bits per heavy atom. The number of fused-ring (bicyclic) bond motifs is 5. The van der Waals surface area contributed by atoms with Crippen LogP contribution < -0.4 is 4.74 Å². The Bertz CT molecular complexity index is 1490. The zero-order valence-corrected chi connectivity index (χ0v) is 31.3. The Morgan fingerprint density at radius 2 is 1.75 bits per heavy atom. The van der Waals surface area contributed by atoms with Gasteiger partial charge in [-0.1, -0.05) is 39.3 Å². The van der Waals surface area contributed by atoms with Crippen LogP contribution in [-0.2, 0) is 26.1 Å². The smallest absolute Gasteiger partial charge is 0.229 e. The Kier molecular flexibility index (Phi) is 10.9. The predicted octanol–water partition coefficient (Wildman–Crippen LogP) is 2.33. The number of ketones is 1. The van der Waals surface area contributed by atoms with Crippen molar-refractivity contribution in [1.82, 2.24) is 0 Å². The molecule has 1 heterocycles. The third-order valence-corrected chi connectivity index (χ3v) is 13.4. The molecular formula is C39H60O12. The number of benzene rings is 1. The average molecular weight is 721 g/mol. The van der Waals surface area contributed by atoms with Gasteiger partial charge in [-0.25, -0.2) is 0 Å². The van der Waals surface area contributed by atoms with E-state index in [1.165, 1.54) is 13.0 Å². The second kappa shape index (κ2) is 13.9. The highest BCUT2D eigenvalue weighted by molar-refractivity contribution is 5.93. The van der Waals surface area contributed by atoms with Crippen molar-refractivity contribution in [3.05, 3.63) is 34.9 Å². The fraction of sp³-hybridized carbons (Fsp3) is 0.769. The van der Waals surface area contributed by atoms with Crippen molar-refractivity contribution in [1.29, 1.82) is 0 Å². The maximum Gasteiger partial charge on any atom is 0.229 e. The minimum Gasteiger partial charge on any atom is -0.504 e. The summed E-state index contributed by atoms with van der Waals surface area (Å²) in [6.07, 6.45) is -3.57. The molecule has 1 saturated heterocycles. The van der Waals surface area contributed by atoms with Gasteiger partial charge in [-0.15, -0.1) is 0 Å². The number of ether oxygens (including phenoxy) is 3. The molecule has 1 aromatic rings. The first-order valence-electron chi connectivity index (χ1n) is 18.4. The maximum atomic E-state index is 14.7. The summed E-state index contributed by atoms with van der Waals surface area (Å²) in [5.41, 5.74) is -3.23. The molecule has 1 aromatic carbocycles. The first kappa shape index (κ1) is 40.1. The molecule has 0 bridgehead atoms. The van der Waals surface area contributed by atoms with Crippen LogP contribution in [0.5, 0.6) is 11.5 Å². The van der Waals surface area contributed by atoms with Crippen LogP contribution in [0.3, 0.4) is 0 Å². The number of carbonyl (C=O) groups excluding carboxylic acids is 1. The van der Waals surface area contributed by atoms with E-state index in [0.717, 1.165) is 18.4 Å². The van der Waals surface area contributed by atoms with E-state index in [4.69, 9.17) is 14.2 Å². The van der Waals surface area contributed by atoms with Crippen LogP contribution in [0.15, 0.2) is 18.2 Å². The molecule has 0 amide bonds. The number of Topliss-reactive ketones (excluding diaryl/α,β-unsaturated/α-hetero) is 1. The molecule has 12 nitrogen and oxygen atoms in total. The van der Waals surface area contributed by atoms with E-state index in [-0.39, 0.29) is 29.6 Å². The summed E-state index contributed by atoms with van der Waals surface area (Å²) >= 11 is 0. The standard InChI is InChI=1S/C39H60O12/c1-9-10-15-49-35(3,4)14-13-27(42)39(8,48)33-23(41)17-36(5)26-12-11-21-20(2)29(44)24(16-22(21)38(26,7)28(43)18-37(33,36)6)50-34-32(47)31(46)30(45)25(19-40)51-34/h13-14,16,23,25-27,30-34,40-42,44-48H,9-12,15,17-19H2,1-8H3/b14-13+/t23-,25?,26+,27?,30?,31?,32?,33+,34?,36+,37-,38-,39+/m1/s1. The fourth-order valence-electron chi connectivity index (χ4n) is 10.2. The summed E-state index contributed by atoms with van der Waals surface area (Å²) in [6, 6.07) is 1.58. The van der Waals surface area contributed by atoms with Gasteiger partial charge < -0.3 is 55.1 Å². The van der Waals surface area contributed by atoms with Crippen molar-refractivity contribution in [2.24, 2.45) is 22.7 Å². The van der Waals surface area contributed by atoms with Gasteiger partial charge in [-0.05, 0) is 99.8 Å². The molecule has 1 aliphatic heterocycles. The van der Waals surface area contributed by atoms with E-state index in [9.17, 15) is 45.6 Å². The number of phenols is 1. The molecule has 6 unspecified atom stereocenters. The molecule has 51 heavy (non-hydrogen) atoms. The summed E-state index contributed by atoms with van der Waals surface area (Å²) in [7, 11) is 0. The van der Waals surface area contributed by atoms with Gasteiger partial charge in [0.2, 0.25) is 6.29 Å². The van der Waals surface area contributed by atoms with Crippen LogP contribution in [0.1, 0.15) is 97.3 Å². The quantitative estimate of drug-likeness (QED) is 0.123. The van der Waals surface area contributed by atoms with E-state index in [0.29, 0.717) is 37.0 Å². The zero-order chi connectivity index (χ0) is 38.1. The van der Waals surface area contributed by atoms with E-state index < -0.39 is 82.9 Å². The highest BCUT2D eigenvalue weighted by Crippen LogP contribution is 2.72. The summed E-state index contributed by atoms with van der Waals surface area (Å²) in [5.74, 6) is -1.57. The van der Waals surface area contributed by atoms with Gasteiger partial charge in [0.1, 0.15) is 36.3 Å². The second-order valence-electron chi connectivity index (χ2n) is 17.0. The fourth-order valence-corrected chi connectivity index (χ4v) is 10.2. The van der Waals surface area contributed by atoms with Gasteiger partial charge in [0, 0.05) is 18.9 Å². The van der Waals surface area contributed by atoms with Crippen LogP contribution in [0.2, 0.25) is 0 Å². The highest BCUT2D eigenvalue weighted by atomic mass is 16.7. The highest BCUT2D eigenvalue weighted by Gasteiger charge is 2.73. The van der Waals surface area contributed by atoms with Crippen molar-refractivity contribution in [2.75, 3.05) is 13.2 Å². The number of aromatic hydroxyl groups is 1.